The molecule has 0 aromatic rings. The number of unbranched alkanes of at least 4 members (excludes halogenated alkanes) is 44. The smallest absolute Gasteiger partial charge is 0.306 e. The number of quaternary nitrogens is 1. The van der Waals surface area contributed by atoms with Gasteiger partial charge in [0.05, 0.1) is 27.7 Å². The van der Waals surface area contributed by atoms with Crippen molar-refractivity contribution in [2.24, 2.45) is 0 Å². The Hall–Kier alpha value is -2.03. The Labute approximate surface area is 509 Å². The third-order valence-electron chi connectivity index (χ3n) is 15.8. The first kappa shape index (κ1) is 80.0. The van der Waals surface area contributed by atoms with Gasteiger partial charge in [0.15, 0.2) is 6.10 Å². The highest BCUT2D eigenvalue weighted by molar-refractivity contribution is 7.45. The Morgan fingerprint density at radius 2 is 0.659 bits per heavy atom. The van der Waals surface area contributed by atoms with Gasteiger partial charge in [-0.3, -0.25) is 14.2 Å². The van der Waals surface area contributed by atoms with Crippen LogP contribution in [0.5, 0.6) is 0 Å². The molecule has 0 bridgehead atoms. The summed E-state index contributed by atoms with van der Waals surface area (Å²) in [6, 6.07) is 0. The van der Waals surface area contributed by atoms with Crippen molar-refractivity contribution in [1.82, 2.24) is 0 Å². The van der Waals surface area contributed by atoms with E-state index in [-0.39, 0.29) is 32.0 Å². The van der Waals surface area contributed by atoms with Gasteiger partial charge in [-0.15, -0.1) is 0 Å². The molecule has 0 aromatic heterocycles. The van der Waals surface area contributed by atoms with Crippen LogP contribution in [0.4, 0.5) is 0 Å². The number of carbonyl (C=O) groups is 2. The largest absolute Gasteiger partial charge is 0.756 e. The fraction of sp³-hybridized carbons (Fsp3) is 0.861. The van der Waals surface area contributed by atoms with Crippen LogP contribution >= 0.6 is 7.82 Å². The lowest BCUT2D eigenvalue weighted by atomic mass is 10.0. The number of esters is 2. The number of carbonyl (C=O) groups excluding carboxylic acids is 2. The van der Waals surface area contributed by atoms with E-state index in [1.807, 2.05) is 21.1 Å². The molecule has 2 unspecified atom stereocenters. The molecule has 0 saturated heterocycles. The number of likely N-dealkylation sites (N-methyl/N-ethyl adjacent to an activating group) is 1. The monoisotopic (exact) mass is 1170 g/mol. The lowest BCUT2D eigenvalue weighted by Gasteiger charge is -2.28. The lowest BCUT2D eigenvalue weighted by Crippen LogP contribution is -2.37. The van der Waals surface area contributed by atoms with Gasteiger partial charge in [-0.05, 0) is 77.0 Å². The average molecular weight is 1170 g/mol. The first-order valence-corrected chi connectivity index (χ1v) is 36.8. The van der Waals surface area contributed by atoms with E-state index in [1.165, 1.54) is 270 Å². The summed E-state index contributed by atoms with van der Waals surface area (Å²) in [5, 5.41) is 0. The Morgan fingerprint density at radius 1 is 0.378 bits per heavy atom. The third kappa shape index (κ3) is 67.1. The summed E-state index contributed by atoms with van der Waals surface area (Å²) in [6.45, 7) is 4.28. The molecule has 0 aliphatic rings. The summed E-state index contributed by atoms with van der Waals surface area (Å²) in [4.78, 5) is 38.0. The normalized spacial score (nSPS) is 13.4. The van der Waals surface area contributed by atoms with Crippen LogP contribution in [-0.4, -0.2) is 70.0 Å². The van der Waals surface area contributed by atoms with Crippen molar-refractivity contribution in [2.75, 3.05) is 47.5 Å². The second-order valence-electron chi connectivity index (χ2n) is 25.2. The summed E-state index contributed by atoms with van der Waals surface area (Å²) in [6.07, 6.45) is 82.0. The van der Waals surface area contributed by atoms with Crippen LogP contribution in [0.25, 0.3) is 0 Å². The first-order chi connectivity index (χ1) is 40.0. The summed E-state index contributed by atoms with van der Waals surface area (Å²) >= 11 is 0. The number of phosphoric ester groups is 1. The van der Waals surface area contributed by atoms with E-state index in [0.29, 0.717) is 17.4 Å². The highest BCUT2D eigenvalue weighted by atomic mass is 31.2. The molecule has 0 amide bonds. The number of ether oxygens (including phenoxy) is 2. The molecule has 0 N–H and O–H groups in total. The fourth-order valence-corrected chi connectivity index (χ4v) is 11.1. The van der Waals surface area contributed by atoms with E-state index in [1.54, 1.807) is 0 Å². The molecule has 0 aromatic carbocycles. The molecule has 482 valence electrons. The van der Waals surface area contributed by atoms with E-state index in [9.17, 15) is 19.0 Å². The van der Waals surface area contributed by atoms with Crippen LogP contribution in [0.3, 0.4) is 0 Å². The van der Waals surface area contributed by atoms with Gasteiger partial charge in [0.1, 0.15) is 19.8 Å². The van der Waals surface area contributed by atoms with Gasteiger partial charge in [-0.25, -0.2) is 0 Å². The van der Waals surface area contributed by atoms with Gasteiger partial charge in [0.25, 0.3) is 7.82 Å². The molecule has 82 heavy (non-hydrogen) atoms. The maximum Gasteiger partial charge on any atom is 0.306 e. The summed E-state index contributed by atoms with van der Waals surface area (Å²) in [5.74, 6) is -0.818. The molecule has 0 radical (unpaired) electrons. The molecular weight excluding hydrogens is 1040 g/mol. The Morgan fingerprint density at radius 3 is 0.988 bits per heavy atom. The molecule has 10 heteroatoms. The highest BCUT2D eigenvalue weighted by Gasteiger charge is 2.22. The lowest BCUT2D eigenvalue weighted by molar-refractivity contribution is -0.870. The number of hydrogen-bond acceptors (Lipinski definition) is 8. The van der Waals surface area contributed by atoms with E-state index >= 15 is 0 Å². The minimum Gasteiger partial charge on any atom is -0.756 e. The molecule has 0 fully saturated rings. The van der Waals surface area contributed by atoms with E-state index in [2.05, 4.69) is 62.5 Å². The predicted octanol–water partition coefficient (Wildman–Crippen LogP) is 22.2. The van der Waals surface area contributed by atoms with Crippen LogP contribution < -0.4 is 4.89 Å². The zero-order valence-corrected chi connectivity index (χ0v) is 55.8. The second kappa shape index (κ2) is 63.5. The number of hydrogen-bond donors (Lipinski definition) is 0. The number of nitrogens with zero attached hydrogens (tertiary/aromatic N) is 1. The van der Waals surface area contributed by atoms with Crippen molar-refractivity contribution < 1.29 is 42.1 Å². The second-order valence-corrected chi connectivity index (χ2v) is 26.7. The van der Waals surface area contributed by atoms with Gasteiger partial charge in [-0.2, -0.15) is 0 Å². The van der Waals surface area contributed by atoms with Gasteiger partial charge in [0, 0.05) is 12.8 Å². The molecule has 0 rings (SSSR count). The van der Waals surface area contributed by atoms with E-state index < -0.39 is 26.5 Å². The van der Waals surface area contributed by atoms with Gasteiger partial charge >= 0.3 is 11.9 Å². The van der Waals surface area contributed by atoms with Crippen LogP contribution in [0, 0.1) is 0 Å². The van der Waals surface area contributed by atoms with Crippen LogP contribution in [0.15, 0.2) is 48.6 Å². The Kier molecular flexibility index (Phi) is 61.9. The maximum atomic E-state index is 12.9. The fourth-order valence-electron chi connectivity index (χ4n) is 10.4. The van der Waals surface area contributed by atoms with Crippen molar-refractivity contribution >= 4 is 19.8 Å². The van der Waals surface area contributed by atoms with Crippen molar-refractivity contribution in [2.45, 2.75) is 354 Å². The number of rotatable bonds is 66. The van der Waals surface area contributed by atoms with Gasteiger partial charge in [-0.1, -0.05) is 306 Å². The van der Waals surface area contributed by atoms with Crippen LogP contribution in [0.1, 0.15) is 348 Å². The summed E-state index contributed by atoms with van der Waals surface area (Å²) in [7, 11) is 1.18. The molecule has 0 saturated carbocycles. The van der Waals surface area contributed by atoms with Crippen molar-refractivity contribution in [3.63, 3.8) is 0 Å². The van der Waals surface area contributed by atoms with E-state index in [4.69, 9.17) is 18.5 Å². The quantitative estimate of drug-likeness (QED) is 0.0195. The Balaban J connectivity index is 3.96. The van der Waals surface area contributed by atoms with Crippen LogP contribution in [-0.2, 0) is 32.7 Å². The number of phosphoric acid groups is 1. The zero-order valence-electron chi connectivity index (χ0n) is 55.0. The first-order valence-electron chi connectivity index (χ1n) is 35.3. The van der Waals surface area contributed by atoms with E-state index in [0.717, 1.165) is 44.9 Å². The molecule has 9 nitrogen and oxygen atoms in total. The predicted molar refractivity (Wildman–Crippen MR) is 351 cm³/mol. The Bertz CT molecular complexity index is 1520. The molecule has 0 aliphatic heterocycles. The standard InChI is InChI=1S/C72H136NO8P/c1-6-8-10-12-14-16-18-20-22-24-26-28-29-30-31-32-33-34-35-36-37-38-39-40-41-42-43-45-47-49-51-53-55-57-59-61-63-65-72(75)81-70(69-80-82(76,77)79-67-66-73(3,4)5)68-78-71(74)64-62-60-58-56-54-52-50-48-46-44-27-25-23-21-19-17-15-13-11-9-7-2/h18,20,24-27,29-30,70H,6-17,19,21-23,28,31-69H2,1-5H3/b20-18-,26-24-,27-25-,30-29-. The molecule has 2 atom stereocenters. The van der Waals surface area contributed by atoms with Crippen molar-refractivity contribution in [3.8, 4) is 0 Å². The molecular formula is C72H136NO8P. The minimum atomic E-state index is -4.64. The van der Waals surface area contributed by atoms with Crippen molar-refractivity contribution in [3.05, 3.63) is 48.6 Å². The summed E-state index contributed by atoms with van der Waals surface area (Å²) < 4.78 is 34.3. The molecule has 0 heterocycles. The van der Waals surface area contributed by atoms with Crippen LogP contribution in [0.2, 0.25) is 0 Å². The molecule has 0 spiro atoms. The minimum absolute atomic E-state index is 0.0293. The maximum absolute atomic E-state index is 12.9. The SMILES string of the molecule is CCCCCCC/C=C\C/C=C\C/C=C\CCCCCCCCCCCCCCCCCCCCCCCCC(=O)OC(COC(=O)CCCCCCCCCCC/C=C\CCCCCCCCCC)COP(=O)([O-])OCC[N+](C)(C)C. The highest BCUT2D eigenvalue weighted by Crippen LogP contribution is 2.38. The molecule has 0 aliphatic carbocycles. The van der Waals surface area contributed by atoms with Crippen molar-refractivity contribution in [1.29, 1.82) is 0 Å². The summed E-state index contributed by atoms with van der Waals surface area (Å²) in [5.41, 5.74) is 0. The zero-order chi connectivity index (χ0) is 59.8. The number of allylic oxidation sites excluding steroid dienone is 8. The van der Waals surface area contributed by atoms with Gasteiger partial charge in [0.2, 0.25) is 0 Å². The third-order valence-corrected chi connectivity index (χ3v) is 16.8. The van der Waals surface area contributed by atoms with Gasteiger partial charge < -0.3 is 27.9 Å². The topological polar surface area (TPSA) is 111 Å². The average Bonchev–Trinajstić information content (AvgIpc) is 3.46.